The number of aryl methyl sites for hydroxylation is 3. The first kappa shape index (κ1) is 13.1. The SMILES string of the molecule is Cc1cc(C)n(-c2cc(/C=C/C(=O)O)ccc2C)n1. The number of aliphatic carboxylic acids is 1. The van der Waals surface area contributed by atoms with E-state index in [9.17, 15) is 4.79 Å². The molecule has 0 aliphatic carbocycles. The standard InChI is InChI=1S/C15H16N2O2/c1-10-4-5-13(6-7-15(18)19)9-14(10)17-12(3)8-11(2)16-17/h4-9H,1-3H3,(H,18,19)/b7-6+. The normalized spacial score (nSPS) is 11.1. The predicted molar refractivity (Wildman–Crippen MR) is 74.4 cm³/mol. The van der Waals surface area contributed by atoms with Gasteiger partial charge in [-0.3, -0.25) is 0 Å². The first-order valence-electron chi connectivity index (χ1n) is 6.02. The zero-order valence-corrected chi connectivity index (χ0v) is 11.2. The van der Waals surface area contributed by atoms with Crippen molar-refractivity contribution in [3.63, 3.8) is 0 Å². The number of carbonyl (C=O) groups is 1. The summed E-state index contributed by atoms with van der Waals surface area (Å²) in [6, 6.07) is 7.81. The van der Waals surface area contributed by atoms with Crippen molar-refractivity contribution in [2.24, 2.45) is 0 Å². The third kappa shape index (κ3) is 2.91. The van der Waals surface area contributed by atoms with Crippen LogP contribution < -0.4 is 0 Å². The topological polar surface area (TPSA) is 55.1 Å². The minimum Gasteiger partial charge on any atom is -0.478 e. The molecule has 0 amide bonds. The average Bonchev–Trinajstić information content (AvgIpc) is 2.67. The maximum Gasteiger partial charge on any atom is 0.328 e. The molecular weight excluding hydrogens is 240 g/mol. The van der Waals surface area contributed by atoms with Gasteiger partial charge in [-0.15, -0.1) is 0 Å². The van der Waals surface area contributed by atoms with Crippen molar-refractivity contribution >= 4 is 12.0 Å². The van der Waals surface area contributed by atoms with Crippen molar-refractivity contribution in [3.8, 4) is 5.69 Å². The van der Waals surface area contributed by atoms with Gasteiger partial charge in [0.15, 0.2) is 0 Å². The quantitative estimate of drug-likeness (QED) is 0.859. The minimum absolute atomic E-state index is 0.843. The van der Waals surface area contributed by atoms with E-state index in [1.165, 1.54) is 0 Å². The molecule has 98 valence electrons. The number of nitrogens with zero attached hydrogens (tertiary/aromatic N) is 2. The number of benzene rings is 1. The van der Waals surface area contributed by atoms with Crippen LogP contribution in [-0.4, -0.2) is 20.9 Å². The predicted octanol–water partition coefficient (Wildman–Crippen LogP) is 2.90. The van der Waals surface area contributed by atoms with E-state index >= 15 is 0 Å². The Morgan fingerprint density at radius 1 is 1.26 bits per heavy atom. The Bertz CT molecular complexity index is 654. The number of hydrogen-bond donors (Lipinski definition) is 1. The van der Waals surface area contributed by atoms with Crippen LogP contribution in [0, 0.1) is 20.8 Å². The third-order valence-corrected chi connectivity index (χ3v) is 2.89. The molecule has 0 aliphatic heterocycles. The molecule has 0 saturated heterocycles. The lowest BCUT2D eigenvalue weighted by molar-refractivity contribution is -0.131. The Morgan fingerprint density at radius 2 is 2.00 bits per heavy atom. The Morgan fingerprint density at radius 3 is 2.58 bits per heavy atom. The van der Waals surface area contributed by atoms with Crippen LogP contribution in [0.2, 0.25) is 0 Å². The van der Waals surface area contributed by atoms with Crippen molar-refractivity contribution in [2.75, 3.05) is 0 Å². The van der Waals surface area contributed by atoms with E-state index in [1.807, 2.05) is 49.7 Å². The summed E-state index contributed by atoms with van der Waals surface area (Å²) in [5.41, 5.74) is 4.93. The minimum atomic E-state index is -0.951. The summed E-state index contributed by atoms with van der Waals surface area (Å²) in [6.45, 7) is 5.96. The summed E-state index contributed by atoms with van der Waals surface area (Å²) < 4.78 is 1.88. The number of carboxylic acids is 1. The zero-order valence-electron chi connectivity index (χ0n) is 11.2. The number of rotatable bonds is 3. The van der Waals surface area contributed by atoms with Crippen LogP contribution in [-0.2, 0) is 4.79 Å². The zero-order chi connectivity index (χ0) is 14.0. The summed E-state index contributed by atoms with van der Waals surface area (Å²) in [6.07, 6.45) is 2.71. The highest BCUT2D eigenvalue weighted by Gasteiger charge is 2.07. The van der Waals surface area contributed by atoms with E-state index in [4.69, 9.17) is 5.11 Å². The molecular formula is C15H16N2O2. The maximum atomic E-state index is 10.5. The molecule has 4 nitrogen and oxygen atoms in total. The van der Waals surface area contributed by atoms with Crippen LogP contribution >= 0.6 is 0 Å². The van der Waals surface area contributed by atoms with Crippen molar-refractivity contribution in [1.82, 2.24) is 9.78 Å². The Balaban J connectivity index is 2.48. The van der Waals surface area contributed by atoms with E-state index in [0.717, 1.165) is 34.3 Å². The Kier molecular flexibility index (Phi) is 3.51. The van der Waals surface area contributed by atoms with Gasteiger partial charge in [0, 0.05) is 11.8 Å². The summed E-state index contributed by atoms with van der Waals surface area (Å²) in [5, 5.41) is 13.1. The maximum absolute atomic E-state index is 10.5. The highest BCUT2D eigenvalue weighted by molar-refractivity contribution is 5.85. The fourth-order valence-corrected chi connectivity index (χ4v) is 2.00. The van der Waals surface area contributed by atoms with Crippen molar-refractivity contribution < 1.29 is 9.90 Å². The molecule has 2 aromatic rings. The van der Waals surface area contributed by atoms with Gasteiger partial charge < -0.3 is 5.11 Å². The lowest BCUT2D eigenvalue weighted by Gasteiger charge is -2.09. The smallest absolute Gasteiger partial charge is 0.328 e. The van der Waals surface area contributed by atoms with Gasteiger partial charge in [-0.05, 0) is 50.1 Å². The molecule has 0 atom stereocenters. The van der Waals surface area contributed by atoms with Crippen molar-refractivity contribution in [1.29, 1.82) is 0 Å². The van der Waals surface area contributed by atoms with Crippen LogP contribution in [0.15, 0.2) is 30.3 Å². The molecule has 2 rings (SSSR count). The highest BCUT2D eigenvalue weighted by atomic mass is 16.4. The second-order valence-corrected chi connectivity index (χ2v) is 4.56. The molecule has 0 unspecified atom stereocenters. The number of hydrogen-bond acceptors (Lipinski definition) is 2. The Labute approximate surface area is 112 Å². The van der Waals surface area contributed by atoms with E-state index in [2.05, 4.69) is 5.10 Å². The van der Waals surface area contributed by atoms with E-state index < -0.39 is 5.97 Å². The fourth-order valence-electron chi connectivity index (χ4n) is 2.00. The fraction of sp³-hybridized carbons (Fsp3) is 0.200. The first-order valence-corrected chi connectivity index (χ1v) is 6.02. The van der Waals surface area contributed by atoms with Gasteiger partial charge in [-0.1, -0.05) is 12.1 Å². The molecule has 1 heterocycles. The summed E-state index contributed by atoms with van der Waals surface area (Å²) in [4.78, 5) is 10.5. The molecule has 19 heavy (non-hydrogen) atoms. The first-order chi connectivity index (χ1) is 8.97. The van der Waals surface area contributed by atoms with Crippen LogP contribution in [0.3, 0.4) is 0 Å². The summed E-state index contributed by atoms with van der Waals surface area (Å²) in [7, 11) is 0. The summed E-state index contributed by atoms with van der Waals surface area (Å²) >= 11 is 0. The van der Waals surface area contributed by atoms with Gasteiger partial charge in [-0.25, -0.2) is 9.48 Å². The van der Waals surface area contributed by atoms with Gasteiger partial charge in [0.2, 0.25) is 0 Å². The van der Waals surface area contributed by atoms with Gasteiger partial charge in [0.25, 0.3) is 0 Å². The van der Waals surface area contributed by atoms with E-state index in [-0.39, 0.29) is 0 Å². The third-order valence-electron chi connectivity index (χ3n) is 2.89. The van der Waals surface area contributed by atoms with Crippen molar-refractivity contribution in [3.05, 3.63) is 52.9 Å². The molecule has 0 spiro atoms. The Hall–Kier alpha value is -2.36. The monoisotopic (exact) mass is 256 g/mol. The average molecular weight is 256 g/mol. The highest BCUT2D eigenvalue weighted by Crippen LogP contribution is 2.19. The molecule has 1 N–H and O–H groups in total. The molecule has 4 heteroatoms. The summed E-state index contributed by atoms with van der Waals surface area (Å²) in [5.74, 6) is -0.951. The van der Waals surface area contributed by atoms with Gasteiger partial charge in [0.05, 0.1) is 11.4 Å². The number of carboxylic acid groups (broad SMARTS) is 1. The number of aromatic nitrogens is 2. The van der Waals surface area contributed by atoms with Gasteiger partial charge in [-0.2, -0.15) is 5.10 Å². The molecule has 1 aromatic carbocycles. The molecule has 0 bridgehead atoms. The largest absolute Gasteiger partial charge is 0.478 e. The second kappa shape index (κ2) is 5.10. The molecule has 0 radical (unpaired) electrons. The van der Waals surface area contributed by atoms with Gasteiger partial charge in [0.1, 0.15) is 0 Å². The molecule has 0 aliphatic rings. The van der Waals surface area contributed by atoms with Crippen molar-refractivity contribution in [2.45, 2.75) is 20.8 Å². The van der Waals surface area contributed by atoms with Crippen LogP contribution in [0.5, 0.6) is 0 Å². The van der Waals surface area contributed by atoms with E-state index in [0.29, 0.717) is 0 Å². The lowest BCUT2D eigenvalue weighted by Crippen LogP contribution is -2.02. The molecule has 0 fully saturated rings. The van der Waals surface area contributed by atoms with Crippen LogP contribution in [0.4, 0.5) is 0 Å². The molecule has 1 aromatic heterocycles. The lowest BCUT2D eigenvalue weighted by atomic mass is 10.1. The van der Waals surface area contributed by atoms with E-state index in [1.54, 1.807) is 6.08 Å². The van der Waals surface area contributed by atoms with Crippen LogP contribution in [0.25, 0.3) is 11.8 Å². The molecule has 0 saturated carbocycles. The van der Waals surface area contributed by atoms with Gasteiger partial charge >= 0.3 is 5.97 Å². The van der Waals surface area contributed by atoms with Crippen LogP contribution in [0.1, 0.15) is 22.5 Å². The second-order valence-electron chi connectivity index (χ2n) is 4.56.